The predicted octanol–water partition coefficient (Wildman–Crippen LogP) is 5.42. The van der Waals surface area contributed by atoms with Crippen molar-refractivity contribution < 1.29 is 28.7 Å². The highest BCUT2D eigenvalue weighted by Gasteiger charge is 2.74. The number of carbonyl (C=O) groups excluding carboxylic acids is 5. The smallest absolute Gasteiger partial charge is 0.307 e. The molecule has 1 fully saturated rings. The maximum atomic E-state index is 14.6. The predicted molar refractivity (Wildman–Crippen MR) is 134 cm³/mol. The van der Waals surface area contributed by atoms with E-state index in [0.29, 0.717) is 11.9 Å². The molecular weight excluding hydrogens is 444 g/mol. The van der Waals surface area contributed by atoms with Crippen LogP contribution in [0.2, 0.25) is 0 Å². The fourth-order valence-corrected chi connectivity index (χ4v) is 5.44. The molecule has 35 heavy (non-hydrogen) atoms. The molecule has 6 heteroatoms. The number of carbonyl (C=O) groups is 5. The van der Waals surface area contributed by atoms with Crippen molar-refractivity contribution >= 4 is 29.6 Å². The minimum absolute atomic E-state index is 0.00878. The second-order valence-electron chi connectivity index (χ2n) is 11.0. The molecule has 0 radical (unpaired) electrons. The van der Waals surface area contributed by atoms with Crippen molar-refractivity contribution in [2.45, 2.75) is 81.6 Å². The molecule has 0 spiro atoms. The van der Waals surface area contributed by atoms with Gasteiger partial charge in [-0.05, 0) is 53.0 Å². The summed E-state index contributed by atoms with van der Waals surface area (Å²) in [4.78, 5) is 67.0. The van der Waals surface area contributed by atoms with Crippen LogP contribution in [0.4, 0.5) is 0 Å². The number of Topliss-reactive ketones (excluding diaryl/α,β-unsaturated/α-hetero) is 3. The number of rotatable bonds is 8. The first-order valence-electron chi connectivity index (χ1n) is 12.1. The number of allylic oxidation sites excluding steroid dienone is 8. The van der Waals surface area contributed by atoms with Gasteiger partial charge in [-0.1, -0.05) is 56.6 Å². The third kappa shape index (κ3) is 4.43. The number of ketones is 3. The summed E-state index contributed by atoms with van der Waals surface area (Å²) in [6.07, 6.45) is 6.01. The van der Waals surface area contributed by atoms with Crippen LogP contribution in [-0.4, -0.2) is 29.6 Å². The second kappa shape index (κ2) is 10.00. The molecule has 0 aromatic rings. The van der Waals surface area contributed by atoms with E-state index >= 15 is 0 Å². The van der Waals surface area contributed by atoms with Gasteiger partial charge in [-0.15, -0.1) is 0 Å². The highest BCUT2D eigenvalue weighted by atomic mass is 16.5. The van der Waals surface area contributed by atoms with Gasteiger partial charge in [0, 0.05) is 23.8 Å². The summed E-state index contributed by atoms with van der Waals surface area (Å²) in [5.41, 5.74) is -2.16. The Kier molecular flexibility index (Phi) is 8.10. The number of hydrogen-bond acceptors (Lipinski definition) is 6. The minimum Gasteiger partial charge on any atom is -0.430 e. The average molecular weight is 483 g/mol. The standard InChI is InChI=1S/C29H38O6/c1-17(2)10-11-22-24(33)29(23(32)19(5)6)26(34)28(14-12-18(3)4,25(22)35-20(7)31)16-21(13-15-30)27(29,8)9/h10,12-13,15,19H,11,14,16H2,1-9H3/b21-13-/t28-,29+/m0/s1. The van der Waals surface area contributed by atoms with Crippen LogP contribution in [0.3, 0.4) is 0 Å². The zero-order valence-electron chi connectivity index (χ0n) is 22.5. The Morgan fingerprint density at radius 2 is 1.57 bits per heavy atom. The summed E-state index contributed by atoms with van der Waals surface area (Å²) >= 11 is 0. The minimum atomic E-state index is -2.03. The van der Waals surface area contributed by atoms with Gasteiger partial charge in [-0.25, -0.2) is 0 Å². The summed E-state index contributed by atoms with van der Waals surface area (Å²) in [5, 5.41) is 0. The molecule has 0 amide bonds. The number of ether oxygens (including phenoxy) is 1. The Morgan fingerprint density at radius 1 is 1.00 bits per heavy atom. The summed E-state index contributed by atoms with van der Waals surface area (Å²) in [7, 11) is 0. The highest BCUT2D eigenvalue weighted by molar-refractivity contribution is 6.34. The highest BCUT2D eigenvalue weighted by Crippen LogP contribution is 2.65. The van der Waals surface area contributed by atoms with E-state index in [0.717, 1.165) is 11.1 Å². The largest absolute Gasteiger partial charge is 0.430 e. The van der Waals surface area contributed by atoms with E-state index in [1.165, 1.54) is 13.0 Å². The van der Waals surface area contributed by atoms with E-state index in [2.05, 4.69) is 0 Å². The third-order valence-corrected chi connectivity index (χ3v) is 7.31. The van der Waals surface area contributed by atoms with Crippen LogP contribution in [0.5, 0.6) is 0 Å². The molecule has 6 nitrogen and oxygen atoms in total. The maximum Gasteiger partial charge on any atom is 0.307 e. The number of esters is 1. The summed E-state index contributed by atoms with van der Waals surface area (Å²) in [6.45, 7) is 15.5. The van der Waals surface area contributed by atoms with E-state index in [9.17, 15) is 24.0 Å². The normalized spacial score (nSPS) is 26.5. The van der Waals surface area contributed by atoms with Crippen LogP contribution >= 0.6 is 0 Å². The van der Waals surface area contributed by atoms with Gasteiger partial charge in [0.1, 0.15) is 12.0 Å². The van der Waals surface area contributed by atoms with E-state index in [-0.39, 0.29) is 30.6 Å². The summed E-state index contributed by atoms with van der Waals surface area (Å²) in [5.74, 6) is -2.92. The Morgan fingerprint density at radius 3 is 2.03 bits per heavy atom. The Bertz CT molecular complexity index is 1090. The van der Waals surface area contributed by atoms with Gasteiger partial charge in [0.15, 0.2) is 22.8 Å². The van der Waals surface area contributed by atoms with Crippen LogP contribution in [0.15, 0.2) is 46.3 Å². The van der Waals surface area contributed by atoms with Crippen molar-refractivity contribution in [2.24, 2.45) is 22.2 Å². The molecule has 0 saturated heterocycles. The SMILES string of the molecule is CC(=O)OC1=C(CC=C(C)C)C(=O)[C@]2(C(=O)C(C)C)C(=O)[C@@]1(CC=C(C)C)C/C(=C/C=O)C2(C)C. The van der Waals surface area contributed by atoms with Crippen molar-refractivity contribution in [3.05, 3.63) is 46.3 Å². The van der Waals surface area contributed by atoms with Crippen LogP contribution in [0, 0.1) is 22.2 Å². The molecular formula is C29H38O6. The van der Waals surface area contributed by atoms with Crippen LogP contribution in [-0.2, 0) is 28.7 Å². The fourth-order valence-electron chi connectivity index (χ4n) is 5.44. The Labute approximate surface area is 208 Å². The second-order valence-corrected chi connectivity index (χ2v) is 11.0. The maximum absolute atomic E-state index is 14.6. The lowest BCUT2D eigenvalue weighted by atomic mass is 9.41. The molecule has 0 aromatic carbocycles. The zero-order valence-corrected chi connectivity index (χ0v) is 22.5. The van der Waals surface area contributed by atoms with Crippen LogP contribution in [0.25, 0.3) is 0 Å². The molecule has 0 heterocycles. The fraction of sp³-hybridized carbons (Fsp3) is 0.552. The van der Waals surface area contributed by atoms with Gasteiger partial charge < -0.3 is 4.74 Å². The molecule has 2 aliphatic carbocycles. The zero-order chi connectivity index (χ0) is 26.9. The first-order chi connectivity index (χ1) is 16.1. The Balaban J connectivity index is 3.19. The molecule has 0 unspecified atom stereocenters. The molecule has 2 bridgehead atoms. The van der Waals surface area contributed by atoms with E-state index in [1.54, 1.807) is 27.7 Å². The first kappa shape index (κ1) is 28.3. The molecule has 0 aliphatic heterocycles. The van der Waals surface area contributed by atoms with Crippen molar-refractivity contribution in [3.8, 4) is 0 Å². The molecule has 2 atom stereocenters. The topological polar surface area (TPSA) is 94.6 Å². The van der Waals surface area contributed by atoms with Gasteiger partial charge in [-0.3, -0.25) is 24.0 Å². The number of fused-ring (bicyclic) bond motifs is 2. The van der Waals surface area contributed by atoms with E-state index < -0.39 is 45.5 Å². The average Bonchev–Trinajstić information content (AvgIpc) is 2.73. The molecule has 190 valence electrons. The number of aldehydes is 1. The first-order valence-corrected chi connectivity index (χ1v) is 12.1. The van der Waals surface area contributed by atoms with Gasteiger partial charge in [-0.2, -0.15) is 0 Å². The van der Waals surface area contributed by atoms with Crippen molar-refractivity contribution in [1.29, 1.82) is 0 Å². The lowest BCUT2D eigenvalue weighted by Gasteiger charge is -2.58. The third-order valence-electron chi connectivity index (χ3n) is 7.31. The lowest BCUT2D eigenvalue weighted by molar-refractivity contribution is -0.168. The van der Waals surface area contributed by atoms with Gasteiger partial charge in [0.2, 0.25) is 0 Å². The van der Waals surface area contributed by atoms with Gasteiger partial charge >= 0.3 is 5.97 Å². The molecule has 0 N–H and O–H groups in total. The molecule has 2 aliphatic rings. The van der Waals surface area contributed by atoms with Crippen molar-refractivity contribution in [2.75, 3.05) is 0 Å². The molecule has 1 saturated carbocycles. The van der Waals surface area contributed by atoms with E-state index in [4.69, 9.17) is 4.74 Å². The molecule has 0 aromatic heterocycles. The Hall–Kier alpha value is -2.89. The van der Waals surface area contributed by atoms with Gasteiger partial charge in [0.05, 0.1) is 5.41 Å². The van der Waals surface area contributed by atoms with Crippen molar-refractivity contribution in [3.63, 3.8) is 0 Å². The summed E-state index contributed by atoms with van der Waals surface area (Å²) in [6, 6.07) is 0. The van der Waals surface area contributed by atoms with Gasteiger partial charge in [0.25, 0.3) is 0 Å². The quantitative estimate of drug-likeness (QED) is 0.151. The summed E-state index contributed by atoms with van der Waals surface area (Å²) < 4.78 is 5.69. The lowest BCUT2D eigenvalue weighted by Crippen LogP contribution is -2.68. The van der Waals surface area contributed by atoms with E-state index in [1.807, 2.05) is 39.8 Å². The van der Waals surface area contributed by atoms with Crippen LogP contribution < -0.4 is 0 Å². The monoisotopic (exact) mass is 482 g/mol. The van der Waals surface area contributed by atoms with Crippen molar-refractivity contribution in [1.82, 2.24) is 0 Å². The number of hydrogen-bond donors (Lipinski definition) is 0. The molecule has 2 rings (SSSR count). The van der Waals surface area contributed by atoms with Crippen LogP contribution in [0.1, 0.15) is 81.6 Å².